The van der Waals surface area contributed by atoms with Gasteiger partial charge < -0.3 is 9.47 Å². The van der Waals surface area contributed by atoms with E-state index >= 15 is 0 Å². The molecule has 0 unspecified atom stereocenters. The summed E-state index contributed by atoms with van der Waals surface area (Å²) in [4.78, 5) is 15.1. The first kappa shape index (κ1) is 20.1. The second kappa shape index (κ2) is 8.39. The van der Waals surface area contributed by atoms with Crippen molar-refractivity contribution in [3.8, 4) is 11.5 Å². The van der Waals surface area contributed by atoms with Crippen LogP contribution in [0.1, 0.15) is 27.0 Å². The van der Waals surface area contributed by atoms with E-state index in [1.165, 1.54) is 0 Å². The number of fused-ring (bicyclic) bond motifs is 3. The van der Waals surface area contributed by atoms with Gasteiger partial charge in [0.05, 0.1) is 11.1 Å². The SMILES string of the molecule is O=C1/C(=C/c2ccc(Cl)cc2)Oc2c1ccc1c2CN(CCc2ccccc2Cl)CO1. The number of benzene rings is 3. The monoisotopic (exact) mass is 451 g/mol. The van der Waals surface area contributed by atoms with Gasteiger partial charge in [-0.3, -0.25) is 9.69 Å². The zero-order valence-corrected chi connectivity index (χ0v) is 18.1. The molecule has 2 aliphatic heterocycles. The van der Waals surface area contributed by atoms with Crippen LogP contribution >= 0.6 is 23.2 Å². The van der Waals surface area contributed by atoms with Crippen molar-refractivity contribution in [2.45, 2.75) is 13.0 Å². The van der Waals surface area contributed by atoms with Gasteiger partial charge in [-0.2, -0.15) is 0 Å². The molecule has 6 heteroatoms. The highest BCUT2D eigenvalue weighted by Crippen LogP contribution is 2.42. The number of halogens is 2. The molecule has 0 N–H and O–H groups in total. The summed E-state index contributed by atoms with van der Waals surface area (Å²) >= 11 is 12.2. The predicted molar refractivity (Wildman–Crippen MR) is 122 cm³/mol. The Hall–Kier alpha value is -2.79. The molecule has 31 heavy (non-hydrogen) atoms. The summed E-state index contributed by atoms with van der Waals surface area (Å²) in [5.74, 6) is 1.53. The lowest BCUT2D eigenvalue weighted by molar-refractivity contribution is 0.0950. The van der Waals surface area contributed by atoms with Crippen molar-refractivity contribution in [1.82, 2.24) is 4.90 Å². The minimum Gasteiger partial charge on any atom is -0.478 e. The Morgan fingerprint density at radius 2 is 1.81 bits per heavy atom. The average Bonchev–Trinajstić information content (AvgIpc) is 3.10. The maximum absolute atomic E-state index is 12.9. The summed E-state index contributed by atoms with van der Waals surface area (Å²) in [6.45, 7) is 1.91. The first-order chi connectivity index (χ1) is 15.1. The third-order valence-electron chi connectivity index (χ3n) is 5.51. The molecule has 2 aliphatic rings. The van der Waals surface area contributed by atoms with Crippen LogP contribution < -0.4 is 9.47 Å². The Kier molecular flexibility index (Phi) is 5.45. The van der Waals surface area contributed by atoms with Gasteiger partial charge in [-0.15, -0.1) is 0 Å². The Bertz CT molecular complexity index is 1190. The molecule has 0 saturated carbocycles. The molecule has 156 valence electrons. The Labute approximate surface area is 190 Å². The minimum absolute atomic E-state index is 0.124. The van der Waals surface area contributed by atoms with E-state index in [0.29, 0.717) is 35.4 Å². The number of nitrogens with zero attached hydrogens (tertiary/aromatic N) is 1. The molecule has 0 saturated heterocycles. The number of ether oxygens (including phenoxy) is 2. The van der Waals surface area contributed by atoms with Gasteiger partial charge in [0.1, 0.15) is 18.2 Å². The molecule has 0 spiro atoms. The number of carbonyl (C=O) groups excluding carboxylic acids is 1. The third kappa shape index (κ3) is 4.07. The Balaban J connectivity index is 1.36. The van der Waals surface area contributed by atoms with Crippen LogP contribution in [0.5, 0.6) is 11.5 Å². The second-order valence-electron chi connectivity index (χ2n) is 7.58. The summed E-state index contributed by atoms with van der Waals surface area (Å²) in [7, 11) is 0. The zero-order chi connectivity index (χ0) is 21.4. The number of allylic oxidation sites excluding steroid dienone is 1. The van der Waals surface area contributed by atoms with E-state index in [9.17, 15) is 4.79 Å². The van der Waals surface area contributed by atoms with Crippen LogP contribution in [0.2, 0.25) is 10.0 Å². The van der Waals surface area contributed by atoms with Crippen molar-refractivity contribution in [2.24, 2.45) is 0 Å². The fraction of sp³-hybridized carbons (Fsp3) is 0.160. The smallest absolute Gasteiger partial charge is 0.231 e. The zero-order valence-electron chi connectivity index (χ0n) is 16.6. The fourth-order valence-corrected chi connectivity index (χ4v) is 4.19. The molecule has 0 aromatic heterocycles. The summed E-state index contributed by atoms with van der Waals surface area (Å²) in [6, 6.07) is 18.8. The second-order valence-corrected chi connectivity index (χ2v) is 8.42. The van der Waals surface area contributed by atoms with Crippen molar-refractivity contribution >= 4 is 35.1 Å². The molecule has 0 fully saturated rings. The third-order valence-corrected chi connectivity index (χ3v) is 6.13. The summed E-state index contributed by atoms with van der Waals surface area (Å²) in [5.41, 5.74) is 3.42. The molecular weight excluding hydrogens is 433 g/mol. The number of carbonyl (C=O) groups is 1. The maximum Gasteiger partial charge on any atom is 0.231 e. The molecule has 5 rings (SSSR count). The van der Waals surface area contributed by atoms with Crippen molar-refractivity contribution in [1.29, 1.82) is 0 Å². The number of rotatable bonds is 4. The highest BCUT2D eigenvalue weighted by atomic mass is 35.5. The first-order valence-corrected chi connectivity index (χ1v) is 10.8. The van der Waals surface area contributed by atoms with Crippen LogP contribution in [0, 0.1) is 0 Å². The number of Topliss-reactive ketones (excluding diaryl/α,β-unsaturated/α-hetero) is 1. The first-order valence-electron chi connectivity index (χ1n) is 10.0. The molecule has 0 atom stereocenters. The topological polar surface area (TPSA) is 38.8 Å². The summed E-state index contributed by atoms with van der Waals surface area (Å²) in [6.07, 6.45) is 2.55. The number of ketones is 1. The van der Waals surface area contributed by atoms with E-state index in [0.717, 1.165) is 40.4 Å². The Morgan fingerprint density at radius 1 is 1.00 bits per heavy atom. The number of hydrogen-bond donors (Lipinski definition) is 0. The average molecular weight is 452 g/mol. The van der Waals surface area contributed by atoms with Gasteiger partial charge in [-0.1, -0.05) is 53.5 Å². The highest BCUT2D eigenvalue weighted by molar-refractivity contribution is 6.31. The standard InChI is InChI=1S/C25H19Cl2NO3/c26-18-7-5-16(6-8-18)13-23-24(29)19-9-10-22-20(25(19)31-23)14-28(15-30-22)12-11-17-3-1-2-4-21(17)27/h1-10,13H,11-12,14-15H2/b23-13-. The van der Waals surface area contributed by atoms with Gasteiger partial charge in [0.15, 0.2) is 5.76 Å². The molecule has 2 heterocycles. The van der Waals surface area contributed by atoms with Crippen LogP contribution in [-0.2, 0) is 13.0 Å². The van der Waals surface area contributed by atoms with Gasteiger partial charge in [-0.25, -0.2) is 0 Å². The van der Waals surface area contributed by atoms with Gasteiger partial charge in [0.25, 0.3) is 0 Å². The maximum atomic E-state index is 12.9. The van der Waals surface area contributed by atoms with Crippen LogP contribution in [0.4, 0.5) is 0 Å². The lowest BCUT2D eigenvalue weighted by atomic mass is 10.0. The van der Waals surface area contributed by atoms with E-state index in [2.05, 4.69) is 4.90 Å². The van der Waals surface area contributed by atoms with Crippen LogP contribution in [-0.4, -0.2) is 24.0 Å². The molecule has 4 nitrogen and oxygen atoms in total. The van der Waals surface area contributed by atoms with E-state index in [-0.39, 0.29) is 5.78 Å². The van der Waals surface area contributed by atoms with Gasteiger partial charge in [0, 0.05) is 23.1 Å². The molecule has 0 amide bonds. The number of hydrogen-bond acceptors (Lipinski definition) is 4. The van der Waals surface area contributed by atoms with Crippen molar-refractivity contribution in [3.05, 3.63) is 98.7 Å². The van der Waals surface area contributed by atoms with Crippen molar-refractivity contribution in [3.63, 3.8) is 0 Å². The normalized spacial score (nSPS) is 16.6. The molecule has 0 bridgehead atoms. The van der Waals surface area contributed by atoms with E-state index in [1.807, 2.05) is 42.5 Å². The quantitative estimate of drug-likeness (QED) is 0.455. The van der Waals surface area contributed by atoms with E-state index < -0.39 is 0 Å². The molecule has 0 aliphatic carbocycles. The van der Waals surface area contributed by atoms with E-state index in [1.54, 1.807) is 24.3 Å². The van der Waals surface area contributed by atoms with Crippen LogP contribution in [0.15, 0.2) is 66.4 Å². The Morgan fingerprint density at radius 3 is 2.61 bits per heavy atom. The highest BCUT2D eigenvalue weighted by Gasteiger charge is 2.33. The fourth-order valence-electron chi connectivity index (χ4n) is 3.84. The molecule has 3 aromatic rings. The summed E-state index contributed by atoms with van der Waals surface area (Å²) in [5, 5.41) is 1.42. The van der Waals surface area contributed by atoms with Crippen LogP contribution in [0.25, 0.3) is 6.08 Å². The van der Waals surface area contributed by atoms with Gasteiger partial charge in [-0.05, 0) is 54.0 Å². The minimum atomic E-state index is -0.124. The summed E-state index contributed by atoms with van der Waals surface area (Å²) < 4.78 is 12.0. The largest absolute Gasteiger partial charge is 0.478 e. The predicted octanol–water partition coefficient (Wildman–Crippen LogP) is 6.00. The lowest BCUT2D eigenvalue weighted by Crippen LogP contribution is -2.33. The molecule has 3 aromatic carbocycles. The van der Waals surface area contributed by atoms with Crippen molar-refractivity contribution < 1.29 is 14.3 Å². The van der Waals surface area contributed by atoms with Gasteiger partial charge >= 0.3 is 0 Å². The lowest BCUT2D eigenvalue weighted by Gasteiger charge is -2.29. The molecule has 0 radical (unpaired) electrons. The van der Waals surface area contributed by atoms with Crippen molar-refractivity contribution in [2.75, 3.05) is 13.3 Å². The van der Waals surface area contributed by atoms with Gasteiger partial charge in [0.2, 0.25) is 5.78 Å². The van der Waals surface area contributed by atoms with E-state index in [4.69, 9.17) is 32.7 Å². The molecular formula is C25H19Cl2NO3. The van der Waals surface area contributed by atoms with Crippen LogP contribution in [0.3, 0.4) is 0 Å².